The molecule has 114 valence electrons. The van der Waals surface area contributed by atoms with Crippen molar-refractivity contribution >= 4 is 5.91 Å². The van der Waals surface area contributed by atoms with Gasteiger partial charge in [0, 0.05) is 6.04 Å². The van der Waals surface area contributed by atoms with Gasteiger partial charge in [0.25, 0.3) is 0 Å². The Morgan fingerprint density at radius 1 is 1.35 bits per heavy atom. The summed E-state index contributed by atoms with van der Waals surface area (Å²) in [6.45, 7) is 8.01. The van der Waals surface area contributed by atoms with Crippen LogP contribution in [0.3, 0.4) is 0 Å². The smallest absolute Gasteiger partial charge is 0.244 e. The van der Waals surface area contributed by atoms with Crippen LogP contribution in [-0.4, -0.2) is 26.9 Å². The van der Waals surface area contributed by atoms with Crippen LogP contribution in [0.4, 0.5) is 0 Å². The molecule has 0 fully saturated rings. The maximum Gasteiger partial charge on any atom is 0.244 e. The number of nitrogens with two attached hydrogens (primary N) is 1. The van der Waals surface area contributed by atoms with E-state index >= 15 is 0 Å². The Balaban J connectivity index is 2.63. The molecule has 6 heteroatoms. The molecule has 0 radical (unpaired) electrons. The highest BCUT2D eigenvalue weighted by Gasteiger charge is 2.19. The Kier molecular flexibility index (Phi) is 6.64. The van der Waals surface area contributed by atoms with Crippen LogP contribution >= 0.6 is 0 Å². The van der Waals surface area contributed by atoms with Crippen molar-refractivity contribution < 1.29 is 4.79 Å². The number of nitrogens with zero attached hydrogens (tertiary/aromatic N) is 3. The van der Waals surface area contributed by atoms with Gasteiger partial charge in [0.2, 0.25) is 5.91 Å². The zero-order valence-corrected chi connectivity index (χ0v) is 13.0. The third kappa shape index (κ3) is 4.59. The van der Waals surface area contributed by atoms with Gasteiger partial charge >= 0.3 is 0 Å². The average molecular weight is 281 g/mol. The van der Waals surface area contributed by atoms with E-state index in [0.29, 0.717) is 0 Å². The molecule has 1 rings (SSSR count). The summed E-state index contributed by atoms with van der Waals surface area (Å²) in [6.07, 6.45) is 5.66. The van der Waals surface area contributed by atoms with Gasteiger partial charge in [0.05, 0.1) is 17.9 Å². The lowest BCUT2D eigenvalue weighted by Gasteiger charge is -2.16. The van der Waals surface area contributed by atoms with Crippen LogP contribution in [0, 0.1) is 0 Å². The van der Waals surface area contributed by atoms with E-state index in [1.54, 1.807) is 10.9 Å². The van der Waals surface area contributed by atoms with E-state index in [1.165, 1.54) is 0 Å². The van der Waals surface area contributed by atoms with Crippen LogP contribution in [0.1, 0.15) is 71.2 Å². The molecule has 1 aromatic rings. The van der Waals surface area contributed by atoms with Crippen molar-refractivity contribution in [2.45, 2.75) is 71.5 Å². The third-order valence-electron chi connectivity index (χ3n) is 3.39. The number of aromatic nitrogens is 3. The van der Waals surface area contributed by atoms with Gasteiger partial charge < -0.3 is 11.1 Å². The lowest BCUT2D eigenvalue weighted by atomic mass is 10.1. The van der Waals surface area contributed by atoms with E-state index < -0.39 is 0 Å². The second-order valence-electron chi connectivity index (χ2n) is 5.39. The van der Waals surface area contributed by atoms with Crippen LogP contribution in [0.5, 0.6) is 0 Å². The summed E-state index contributed by atoms with van der Waals surface area (Å²) in [5.74, 6) is -0.0357. The number of rotatable bonds is 8. The molecule has 0 spiro atoms. The first-order valence-electron chi connectivity index (χ1n) is 7.47. The quantitative estimate of drug-likeness (QED) is 0.762. The Morgan fingerprint density at radius 2 is 2.00 bits per heavy atom. The van der Waals surface area contributed by atoms with E-state index in [9.17, 15) is 4.79 Å². The van der Waals surface area contributed by atoms with Gasteiger partial charge in [-0.05, 0) is 26.7 Å². The van der Waals surface area contributed by atoms with Gasteiger partial charge in [-0.1, -0.05) is 31.9 Å². The molecule has 6 nitrogen and oxygen atoms in total. The number of carbonyl (C=O) groups is 1. The molecule has 3 atom stereocenters. The van der Waals surface area contributed by atoms with Crippen molar-refractivity contribution in [2.75, 3.05) is 0 Å². The summed E-state index contributed by atoms with van der Waals surface area (Å²) in [7, 11) is 0. The Bertz CT molecular complexity index is 417. The maximum absolute atomic E-state index is 12.1. The molecule has 0 aliphatic carbocycles. The standard InChI is InChI=1S/C14H27N5O/c1-5-7-10(3)16-14(20)11(4)19-9-13(17-18-19)12(15)8-6-2/h9-12H,5-8,15H2,1-4H3,(H,16,20). The number of amides is 1. The van der Waals surface area contributed by atoms with Crippen molar-refractivity contribution in [1.82, 2.24) is 20.3 Å². The average Bonchev–Trinajstić information content (AvgIpc) is 2.87. The van der Waals surface area contributed by atoms with Gasteiger partial charge in [-0.3, -0.25) is 4.79 Å². The lowest BCUT2D eigenvalue weighted by Crippen LogP contribution is -2.37. The third-order valence-corrected chi connectivity index (χ3v) is 3.39. The van der Waals surface area contributed by atoms with Crippen LogP contribution in [-0.2, 0) is 4.79 Å². The number of hydrogen-bond donors (Lipinski definition) is 2. The molecular weight excluding hydrogens is 254 g/mol. The molecule has 20 heavy (non-hydrogen) atoms. The molecule has 0 aromatic carbocycles. The Hall–Kier alpha value is -1.43. The fourth-order valence-electron chi connectivity index (χ4n) is 2.10. The zero-order valence-electron chi connectivity index (χ0n) is 13.0. The van der Waals surface area contributed by atoms with Crippen molar-refractivity contribution in [3.63, 3.8) is 0 Å². The normalized spacial score (nSPS) is 15.7. The van der Waals surface area contributed by atoms with Crippen LogP contribution in [0.2, 0.25) is 0 Å². The highest BCUT2D eigenvalue weighted by atomic mass is 16.2. The molecular formula is C14H27N5O. The van der Waals surface area contributed by atoms with Gasteiger partial charge in [-0.25, -0.2) is 4.68 Å². The van der Waals surface area contributed by atoms with Crippen LogP contribution in [0.15, 0.2) is 6.20 Å². The first kappa shape index (κ1) is 16.6. The summed E-state index contributed by atoms with van der Waals surface area (Å²) < 4.78 is 1.58. The van der Waals surface area contributed by atoms with Crippen molar-refractivity contribution in [3.05, 3.63) is 11.9 Å². The molecule has 0 aliphatic heterocycles. The minimum absolute atomic E-state index is 0.0357. The van der Waals surface area contributed by atoms with Crippen molar-refractivity contribution in [1.29, 1.82) is 0 Å². The topological polar surface area (TPSA) is 85.8 Å². The monoisotopic (exact) mass is 281 g/mol. The molecule has 0 bridgehead atoms. The second-order valence-corrected chi connectivity index (χ2v) is 5.39. The summed E-state index contributed by atoms with van der Waals surface area (Å²) in [6, 6.07) is -0.298. The van der Waals surface area contributed by atoms with E-state index in [4.69, 9.17) is 5.73 Å². The summed E-state index contributed by atoms with van der Waals surface area (Å²) in [4.78, 5) is 12.1. The van der Waals surface area contributed by atoms with Crippen molar-refractivity contribution in [2.24, 2.45) is 5.73 Å². The minimum Gasteiger partial charge on any atom is -0.352 e. The summed E-state index contributed by atoms with van der Waals surface area (Å²) in [5.41, 5.74) is 6.74. The molecule has 0 aliphatic rings. The molecule has 0 saturated heterocycles. The van der Waals surface area contributed by atoms with E-state index in [-0.39, 0.29) is 24.0 Å². The molecule has 1 heterocycles. The molecule has 1 aromatic heterocycles. The van der Waals surface area contributed by atoms with Gasteiger partial charge in [0.1, 0.15) is 6.04 Å². The first-order chi connectivity index (χ1) is 9.49. The summed E-state index contributed by atoms with van der Waals surface area (Å²) in [5, 5.41) is 11.1. The molecule has 1 amide bonds. The lowest BCUT2D eigenvalue weighted by molar-refractivity contribution is -0.124. The number of hydrogen-bond acceptors (Lipinski definition) is 4. The Labute approximate surface area is 121 Å². The second kappa shape index (κ2) is 7.99. The SMILES string of the molecule is CCCC(C)NC(=O)C(C)n1cc(C(N)CCC)nn1. The van der Waals surface area contributed by atoms with E-state index in [2.05, 4.69) is 29.5 Å². The van der Waals surface area contributed by atoms with Crippen LogP contribution < -0.4 is 11.1 Å². The molecule has 3 unspecified atom stereocenters. The van der Waals surface area contributed by atoms with Crippen LogP contribution in [0.25, 0.3) is 0 Å². The highest BCUT2D eigenvalue weighted by molar-refractivity contribution is 5.79. The number of nitrogens with one attached hydrogen (secondary N) is 1. The predicted molar refractivity (Wildman–Crippen MR) is 79.1 cm³/mol. The Morgan fingerprint density at radius 3 is 2.60 bits per heavy atom. The van der Waals surface area contributed by atoms with Gasteiger partial charge in [-0.15, -0.1) is 5.10 Å². The minimum atomic E-state index is -0.371. The highest BCUT2D eigenvalue weighted by Crippen LogP contribution is 2.14. The summed E-state index contributed by atoms with van der Waals surface area (Å²) >= 11 is 0. The zero-order chi connectivity index (χ0) is 15.1. The molecule has 3 N–H and O–H groups in total. The predicted octanol–water partition coefficient (Wildman–Crippen LogP) is 1.94. The van der Waals surface area contributed by atoms with Crippen molar-refractivity contribution in [3.8, 4) is 0 Å². The largest absolute Gasteiger partial charge is 0.352 e. The van der Waals surface area contributed by atoms with Gasteiger partial charge in [-0.2, -0.15) is 0 Å². The van der Waals surface area contributed by atoms with E-state index in [1.807, 2.05) is 13.8 Å². The molecule has 0 saturated carbocycles. The maximum atomic E-state index is 12.1. The van der Waals surface area contributed by atoms with Gasteiger partial charge in [0.15, 0.2) is 0 Å². The fraction of sp³-hybridized carbons (Fsp3) is 0.786. The van der Waals surface area contributed by atoms with E-state index in [0.717, 1.165) is 31.4 Å². The number of carbonyl (C=O) groups excluding carboxylic acids is 1. The fourth-order valence-corrected chi connectivity index (χ4v) is 2.10. The first-order valence-corrected chi connectivity index (χ1v) is 7.47.